The minimum Gasteiger partial charge on any atom is -0.235 e. The lowest BCUT2D eigenvalue weighted by Gasteiger charge is -1.98. The minimum atomic E-state index is 0.547. The van der Waals surface area contributed by atoms with Crippen molar-refractivity contribution in [2.24, 2.45) is 0 Å². The number of hydrogen-bond acceptors (Lipinski definition) is 3. The van der Waals surface area contributed by atoms with Crippen molar-refractivity contribution >= 4 is 50.5 Å². The Morgan fingerprint density at radius 1 is 1.22 bits per heavy atom. The summed E-state index contributed by atoms with van der Waals surface area (Å²) in [5.74, 6) is 0. The van der Waals surface area contributed by atoms with E-state index in [9.17, 15) is 5.26 Å². The van der Waals surface area contributed by atoms with Crippen molar-refractivity contribution in [1.29, 1.82) is 5.26 Å². The number of allylic oxidation sites excluding steroid dienone is 1. The van der Waals surface area contributed by atoms with Crippen molar-refractivity contribution < 1.29 is 0 Å². The number of aromatic nitrogens is 1. The van der Waals surface area contributed by atoms with E-state index in [1.54, 1.807) is 0 Å². The fourth-order valence-electron chi connectivity index (χ4n) is 2.05. The summed E-state index contributed by atoms with van der Waals surface area (Å²) in [7, 11) is 0. The third kappa shape index (κ3) is 3.89. The van der Waals surface area contributed by atoms with Gasteiger partial charge in [-0.2, -0.15) is 5.26 Å². The van der Waals surface area contributed by atoms with Crippen LogP contribution in [0.1, 0.15) is 10.6 Å². The van der Waals surface area contributed by atoms with Gasteiger partial charge < -0.3 is 0 Å². The van der Waals surface area contributed by atoms with E-state index >= 15 is 0 Å². The van der Waals surface area contributed by atoms with Crippen LogP contribution in [0.25, 0.3) is 22.9 Å². The van der Waals surface area contributed by atoms with Gasteiger partial charge >= 0.3 is 0 Å². The van der Waals surface area contributed by atoms with Gasteiger partial charge in [-0.15, -0.1) is 11.3 Å². The van der Waals surface area contributed by atoms with Gasteiger partial charge in [-0.05, 0) is 35.9 Å². The summed E-state index contributed by atoms with van der Waals surface area (Å²) in [4.78, 5) is 4.57. The fraction of sp³-hybridized carbons (Fsp3) is 0. The van der Waals surface area contributed by atoms with Crippen molar-refractivity contribution in [1.82, 2.24) is 4.98 Å². The molecule has 1 aromatic heterocycles. The summed E-state index contributed by atoms with van der Waals surface area (Å²) in [5, 5.41) is 12.7. The van der Waals surface area contributed by atoms with Crippen LogP contribution in [0.2, 0.25) is 5.02 Å². The molecule has 2 aromatic carbocycles. The molecule has 3 aromatic rings. The third-order valence-electron chi connectivity index (χ3n) is 3.16. The summed E-state index contributed by atoms with van der Waals surface area (Å²) >= 11 is 10.9. The first-order valence-electron chi connectivity index (χ1n) is 6.75. The summed E-state index contributed by atoms with van der Waals surface area (Å²) in [5.41, 5.74) is 3.28. The predicted octanol–water partition coefficient (Wildman–Crippen LogP) is 6.29. The van der Waals surface area contributed by atoms with Crippen LogP contribution in [0.3, 0.4) is 0 Å². The van der Waals surface area contributed by atoms with Gasteiger partial charge in [0.05, 0.1) is 11.3 Å². The Morgan fingerprint density at radius 3 is 2.70 bits per heavy atom. The lowest BCUT2D eigenvalue weighted by Crippen LogP contribution is -1.83. The summed E-state index contributed by atoms with van der Waals surface area (Å²) in [6.07, 6.45) is 1.84. The maximum atomic E-state index is 9.44. The first-order valence-corrected chi connectivity index (χ1v) is 8.80. The molecule has 0 unspecified atom stereocenters. The average Bonchev–Trinajstić information content (AvgIpc) is 3.04. The highest BCUT2D eigenvalue weighted by atomic mass is 79.9. The Hall–Kier alpha value is -1.93. The highest BCUT2D eigenvalue weighted by molar-refractivity contribution is 9.10. The number of nitrogens with zero attached hydrogens (tertiary/aromatic N) is 2. The topological polar surface area (TPSA) is 36.7 Å². The number of hydrogen-bond donors (Lipinski definition) is 0. The zero-order valence-corrected chi connectivity index (χ0v) is 15.0. The molecule has 2 nitrogen and oxygen atoms in total. The highest BCUT2D eigenvalue weighted by Crippen LogP contribution is 2.28. The smallest absolute Gasteiger partial charge is 0.134 e. The lowest BCUT2D eigenvalue weighted by molar-refractivity contribution is 1.37. The van der Waals surface area contributed by atoms with Crippen molar-refractivity contribution in [2.75, 3.05) is 0 Å². The van der Waals surface area contributed by atoms with Crippen molar-refractivity contribution in [3.8, 4) is 17.3 Å². The molecule has 23 heavy (non-hydrogen) atoms. The van der Waals surface area contributed by atoms with Crippen molar-refractivity contribution in [2.45, 2.75) is 0 Å². The minimum absolute atomic E-state index is 0.547. The summed E-state index contributed by atoms with van der Waals surface area (Å²) in [6, 6.07) is 17.6. The molecule has 0 spiro atoms. The molecule has 0 N–H and O–H groups in total. The van der Waals surface area contributed by atoms with Crippen LogP contribution in [0.4, 0.5) is 0 Å². The van der Waals surface area contributed by atoms with E-state index in [0.717, 1.165) is 21.3 Å². The SMILES string of the molecule is N#C/C(=C/c1ccc(Br)cc1)c1nc(-c2cccc(Cl)c2)cs1. The standard InChI is InChI=1S/C18H10BrClN2S/c19-15-6-4-12(5-7-15)8-14(10-21)18-22-17(11-23-18)13-2-1-3-16(20)9-13/h1-9,11H/b14-8-. The van der Waals surface area contributed by atoms with E-state index in [2.05, 4.69) is 27.0 Å². The molecule has 3 rings (SSSR count). The third-order valence-corrected chi connectivity index (χ3v) is 4.80. The second kappa shape index (κ2) is 7.10. The van der Waals surface area contributed by atoms with Gasteiger partial charge in [-0.3, -0.25) is 0 Å². The van der Waals surface area contributed by atoms with Crippen LogP contribution < -0.4 is 0 Å². The van der Waals surface area contributed by atoms with Gasteiger partial charge in [0, 0.05) is 20.4 Å². The molecular weight excluding hydrogens is 392 g/mol. The van der Waals surface area contributed by atoms with E-state index < -0.39 is 0 Å². The maximum absolute atomic E-state index is 9.44. The maximum Gasteiger partial charge on any atom is 0.134 e. The van der Waals surface area contributed by atoms with Crippen LogP contribution in [0.5, 0.6) is 0 Å². The molecule has 5 heteroatoms. The molecule has 0 saturated carbocycles. The first-order chi connectivity index (χ1) is 11.2. The van der Waals surface area contributed by atoms with Crippen LogP contribution in [0, 0.1) is 11.3 Å². The van der Waals surface area contributed by atoms with Gasteiger partial charge in [-0.25, -0.2) is 4.98 Å². The van der Waals surface area contributed by atoms with E-state index in [4.69, 9.17) is 11.6 Å². The Bertz CT molecular complexity index is 907. The molecule has 0 amide bonds. The second-order valence-corrected chi connectivity index (χ2v) is 6.98. The number of benzene rings is 2. The molecule has 112 valence electrons. The molecule has 0 saturated heterocycles. The molecule has 0 fully saturated rings. The Kier molecular flexibility index (Phi) is 4.92. The second-order valence-electron chi connectivity index (χ2n) is 4.77. The molecule has 0 aliphatic heterocycles. The monoisotopic (exact) mass is 400 g/mol. The summed E-state index contributed by atoms with van der Waals surface area (Å²) in [6.45, 7) is 0. The largest absolute Gasteiger partial charge is 0.235 e. The fourth-order valence-corrected chi connectivity index (χ4v) is 3.29. The Balaban J connectivity index is 1.94. The molecule has 0 radical (unpaired) electrons. The lowest BCUT2D eigenvalue weighted by atomic mass is 10.1. The number of thiazole rings is 1. The molecule has 1 heterocycles. The molecule has 0 atom stereocenters. The quantitative estimate of drug-likeness (QED) is 0.483. The van der Waals surface area contributed by atoms with E-state index in [-0.39, 0.29) is 0 Å². The number of nitriles is 1. The Morgan fingerprint density at radius 2 is 2.00 bits per heavy atom. The molecule has 0 aliphatic rings. The molecular formula is C18H10BrClN2S. The normalized spacial score (nSPS) is 11.3. The molecule has 0 aliphatic carbocycles. The zero-order chi connectivity index (χ0) is 16.2. The van der Waals surface area contributed by atoms with E-state index in [1.165, 1.54) is 11.3 Å². The van der Waals surface area contributed by atoms with Crippen molar-refractivity contribution in [3.63, 3.8) is 0 Å². The van der Waals surface area contributed by atoms with Crippen molar-refractivity contribution in [3.05, 3.63) is 74.0 Å². The van der Waals surface area contributed by atoms with Crippen LogP contribution in [-0.2, 0) is 0 Å². The zero-order valence-electron chi connectivity index (χ0n) is 11.8. The Labute approximate surface area is 151 Å². The summed E-state index contributed by atoms with van der Waals surface area (Å²) < 4.78 is 1.01. The molecule has 0 bridgehead atoms. The van der Waals surface area contributed by atoms with E-state index in [1.807, 2.05) is 60.0 Å². The van der Waals surface area contributed by atoms with Crippen LogP contribution in [-0.4, -0.2) is 4.98 Å². The van der Waals surface area contributed by atoms with Gasteiger partial charge in [-0.1, -0.05) is 51.8 Å². The first kappa shape index (κ1) is 15.9. The van der Waals surface area contributed by atoms with E-state index in [0.29, 0.717) is 15.6 Å². The van der Waals surface area contributed by atoms with Gasteiger partial charge in [0.15, 0.2) is 0 Å². The van der Waals surface area contributed by atoms with Crippen LogP contribution in [0.15, 0.2) is 58.4 Å². The number of halogens is 2. The predicted molar refractivity (Wildman–Crippen MR) is 100 cm³/mol. The van der Waals surface area contributed by atoms with Gasteiger partial charge in [0.1, 0.15) is 11.1 Å². The number of rotatable bonds is 3. The average molecular weight is 402 g/mol. The van der Waals surface area contributed by atoms with Gasteiger partial charge in [0.25, 0.3) is 0 Å². The van der Waals surface area contributed by atoms with Crippen LogP contribution >= 0.6 is 38.9 Å². The highest BCUT2D eigenvalue weighted by Gasteiger charge is 2.09. The van der Waals surface area contributed by atoms with Gasteiger partial charge in [0.2, 0.25) is 0 Å².